The highest BCUT2D eigenvalue weighted by molar-refractivity contribution is 7.99. The molecule has 1 aliphatic rings. The van der Waals surface area contributed by atoms with E-state index in [2.05, 4.69) is 5.32 Å². The fourth-order valence-corrected chi connectivity index (χ4v) is 2.92. The Morgan fingerprint density at radius 1 is 1.56 bits per heavy atom. The van der Waals surface area contributed by atoms with Crippen LogP contribution in [0.4, 0.5) is 0 Å². The summed E-state index contributed by atoms with van der Waals surface area (Å²) in [4.78, 5) is 13.9. The molecule has 1 saturated heterocycles. The normalized spacial score (nSPS) is 18.7. The summed E-state index contributed by atoms with van der Waals surface area (Å²) >= 11 is 1.76. The van der Waals surface area contributed by atoms with Gasteiger partial charge < -0.3 is 9.64 Å². The number of carbonyl (C=O) groups is 1. The summed E-state index contributed by atoms with van der Waals surface area (Å²) in [6, 6.07) is 7.74. The lowest BCUT2D eigenvalue weighted by Gasteiger charge is -2.21. The molecule has 2 rings (SSSR count). The number of para-hydroxylation sites is 1. The summed E-state index contributed by atoms with van der Waals surface area (Å²) in [6.07, 6.45) is 0. The van der Waals surface area contributed by atoms with E-state index in [0.29, 0.717) is 6.54 Å². The second-order valence-corrected chi connectivity index (χ2v) is 5.31. The number of amides is 1. The van der Waals surface area contributed by atoms with Gasteiger partial charge in [0.2, 0.25) is 5.91 Å². The minimum atomic E-state index is -0.0466. The molecule has 0 saturated carbocycles. The van der Waals surface area contributed by atoms with Gasteiger partial charge >= 0.3 is 0 Å². The third-order valence-corrected chi connectivity index (χ3v) is 3.93. The van der Waals surface area contributed by atoms with Crippen LogP contribution in [0.15, 0.2) is 24.3 Å². The minimum Gasteiger partial charge on any atom is -0.496 e. The van der Waals surface area contributed by atoms with Crippen LogP contribution in [-0.4, -0.2) is 42.6 Å². The Labute approximate surface area is 112 Å². The van der Waals surface area contributed by atoms with Gasteiger partial charge in [0.15, 0.2) is 0 Å². The first kappa shape index (κ1) is 13.2. The van der Waals surface area contributed by atoms with Gasteiger partial charge in [-0.15, -0.1) is 11.8 Å². The van der Waals surface area contributed by atoms with Gasteiger partial charge in [-0.3, -0.25) is 10.1 Å². The fraction of sp³-hybridized carbons (Fsp3) is 0.462. The number of rotatable bonds is 4. The molecule has 0 aliphatic carbocycles. The highest BCUT2D eigenvalue weighted by Gasteiger charge is 2.25. The van der Waals surface area contributed by atoms with Crippen molar-refractivity contribution in [1.82, 2.24) is 10.2 Å². The van der Waals surface area contributed by atoms with Crippen LogP contribution in [0.3, 0.4) is 0 Å². The van der Waals surface area contributed by atoms with Crippen LogP contribution in [0.5, 0.6) is 5.75 Å². The zero-order chi connectivity index (χ0) is 13.0. The van der Waals surface area contributed by atoms with Gasteiger partial charge in [-0.25, -0.2) is 0 Å². The molecule has 18 heavy (non-hydrogen) atoms. The first-order valence-electron chi connectivity index (χ1n) is 5.90. The van der Waals surface area contributed by atoms with Gasteiger partial charge in [0.1, 0.15) is 5.75 Å². The van der Waals surface area contributed by atoms with Crippen molar-refractivity contribution in [3.8, 4) is 5.75 Å². The monoisotopic (exact) mass is 266 g/mol. The minimum absolute atomic E-state index is 0.0466. The summed E-state index contributed by atoms with van der Waals surface area (Å²) in [6.45, 7) is 0.575. The van der Waals surface area contributed by atoms with E-state index in [1.807, 2.05) is 31.3 Å². The van der Waals surface area contributed by atoms with Gasteiger partial charge in [0.05, 0.1) is 13.2 Å². The third-order valence-electron chi connectivity index (χ3n) is 2.99. The number of hydrogen-bond acceptors (Lipinski definition) is 4. The second-order valence-electron chi connectivity index (χ2n) is 4.28. The lowest BCUT2D eigenvalue weighted by atomic mass is 10.2. The number of carbonyl (C=O) groups excluding carboxylic acids is 1. The molecular formula is C13H18N2O2S. The average molecular weight is 266 g/mol. The largest absolute Gasteiger partial charge is 0.496 e. The first-order valence-corrected chi connectivity index (χ1v) is 7.06. The molecule has 4 nitrogen and oxygen atoms in total. The van der Waals surface area contributed by atoms with E-state index in [4.69, 9.17) is 4.74 Å². The van der Waals surface area contributed by atoms with Crippen molar-refractivity contribution in [1.29, 1.82) is 0 Å². The molecule has 1 aliphatic heterocycles. The molecule has 5 heteroatoms. The SMILES string of the molecule is COc1ccccc1CN(C)C(=O)[C@H]1CSCN1. The summed E-state index contributed by atoms with van der Waals surface area (Å²) in [5.74, 6) is 2.69. The van der Waals surface area contributed by atoms with E-state index in [-0.39, 0.29) is 11.9 Å². The average Bonchev–Trinajstić information content (AvgIpc) is 2.92. The Morgan fingerprint density at radius 3 is 3.00 bits per heavy atom. The quantitative estimate of drug-likeness (QED) is 0.892. The predicted octanol–water partition coefficient (Wildman–Crippen LogP) is 1.32. The Kier molecular flexibility index (Phi) is 4.49. The maximum atomic E-state index is 12.2. The highest BCUT2D eigenvalue weighted by atomic mass is 32.2. The molecule has 0 unspecified atom stereocenters. The van der Waals surface area contributed by atoms with Crippen LogP contribution in [-0.2, 0) is 11.3 Å². The molecule has 1 aromatic rings. The van der Waals surface area contributed by atoms with E-state index >= 15 is 0 Å². The van der Waals surface area contributed by atoms with E-state index in [0.717, 1.165) is 22.9 Å². The standard InChI is InChI=1S/C13H18N2O2S/c1-15(13(16)11-8-18-9-14-11)7-10-5-3-4-6-12(10)17-2/h3-6,11,14H,7-9H2,1-2H3/t11-/m1/s1. The highest BCUT2D eigenvalue weighted by Crippen LogP contribution is 2.19. The van der Waals surface area contributed by atoms with Crippen molar-refractivity contribution < 1.29 is 9.53 Å². The van der Waals surface area contributed by atoms with Gasteiger partial charge in [0, 0.05) is 30.8 Å². The Balaban J connectivity index is 2.01. The molecule has 98 valence electrons. The van der Waals surface area contributed by atoms with Crippen LogP contribution < -0.4 is 10.1 Å². The number of ether oxygens (including phenoxy) is 1. The molecule has 0 aromatic heterocycles. The third kappa shape index (κ3) is 2.97. The van der Waals surface area contributed by atoms with Crippen LogP contribution >= 0.6 is 11.8 Å². The van der Waals surface area contributed by atoms with Crippen molar-refractivity contribution in [2.75, 3.05) is 25.8 Å². The summed E-state index contributed by atoms with van der Waals surface area (Å²) in [7, 11) is 3.48. The molecule has 0 spiro atoms. The number of thioether (sulfide) groups is 1. The van der Waals surface area contributed by atoms with Crippen LogP contribution in [0.2, 0.25) is 0 Å². The molecule has 1 amide bonds. The number of benzene rings is 1. The molecule has 1 aromatic carbocycles. The van der Waals surface area contributed by atoms with E-state index in [1.54, 1.807) is 23.8 Å². The lowest BCUT2D eigenvalue weighted by molar-refractivity contribution is -0.131. The number of nitrogens with zero attached hydrogens (tertiary/aromatic N) is 1. The second kappa shape index (κ2) is 6.11. The Bertz CT molecular complexity index is 419. The first-order chi connectivity index (χ1) is 8.72. The van der Waals surface area contributed by atoms with Crippen molar-refractivity contribution >= 4 is 17.7 Å². The van der Waals surface area contributed by atoms with Crippen molar-refractivity contribution in [2.45, 2.75) is 12.6 Å². The van der Waals surface area contributed by atoms with Crippen LogP contribution in [0.25, 0.3) is 0 Å². The zero-order valence-corrected chi connectivity index (χ0v) is 11.5. The predicted molar refractivity (Wildman–Crippen MR) is 73.7 cm³/mol. The maximum Gasteiger partial charge on any atom is 0.240 e. The molecule has 0 bridgehead atoms. The van der Waals surface area contributed by atoms with Gasteiger partial charge in [0.25, 0.3) is 0 Å². The molecule has 1 heterocycles. The fourth-order valence-electron chi connectivity index (χ4n) is 1.99. The van der Waals surface area contributed by atoms with Crippen molar-refractivity contribution in [3.63, 3.8) is 0 Å². The van der Waals surface area contributed by atoms with E-state index in [1.165, 1.54) is 0 Å². The van der Waals surface area contributed by atoms with Crippen molar-refractivity contribution in [2.24, 2.45) is 0 Å². The molecule has 1 atom stereocenters. The topological polar surface area (TPSA) is 41.6 Å². The lowest BCUT2D eigenvalue weighted by Crippen LogP contribution is -2.42. The van der Waals surface area contributed by atoms with Crippen LogP contribution in [0, 0.1) is 0 Å². The van der Waals surface area contributed by atoms with Crippen LogP contribution in [0.1, 0.15) is 5.56 Å². The summed E-state index contributed by atoms with van der Waals surface area (Å²) < 4.78 is 5.29. The number of nitrogens with one attached hydrogen (secondary N) is 1. The molecule has 1 N–H and O–H groups in total. The number of likely N-dealkylation sites (N-methyl/N-ethyl adjacent to an activating group) is 1. The zero-order valence-electron chi connectivity index (χ0n) is 10.7. The number of hydrogen-bond donors (Lipinski definition) is 1. The van der Waals surface area contributed by atoms with Crippen molar-refractivity contribution in [3.05, 3.63) is 29.8 Å². The van der Waals surface area contributed by atoms with E-state index in [9.17, 15) is 4.79 Å². The molecule has 1 fully saturated rings. The Morgan fingerprint density at radius 2 is 2.33 bits per heavy atom. The number of methoxy groups -OCH3 is 1. The maximum absolute atomic E-state index is 12.2. The molecule has 0 radical (unpaired) electrons. The van der Waals surface area contributed by atoms with Gasteiger partial charge in [-0.2, -0.15) is 0 Å². The summed E-state index contributed by atoms with van der Waals surface area (Å²) in [5, 5.41) is 3.19. The summed E-state index contributed by atoms with van der Waals surface area (Å²) in [5.41, 5.74) is 1.03. The van der Waals surface area contributed by atoms with E-state index < -0.39 is 0 Å². The van der Waals surface area contributed by atoms with Gasteiger partial charge in [-0.1, -0.05) is 18.2 Å². The molecular weight excluding hydrogens is 248 g/mol. The van der Waals surface area contributed by atoms with Gasteiger partial charge in [-0.05, 0) is 6.07 Å². The smallest absolute Gasteiger partial charge is 0.240 e. The Hall–Kier alpha value is -1.20.